The maximum atomic E-state index is 6.10. The summed E-state index contributed by atoms with van der Waals surface area (Å²) in [5.41, 5.74) is 4.79. The van der Waals surface area contributed by atoms with Gasteiger partial charge in [0.2, 0.25) is 0 Å². The van der Waals surface area contributed by atoms with Gasteiger partial charge in [-0.3, -0.25) is 0 Å². The predicted molar refractivity (Wildman–Crippen MR) is 89.2 cm³/mol. The quantitative estimate of drug-likeness (QED) is 0.855. The molecule has 0 amide bonds. The summed E-state index contributed by atoms with van der Waals surface area (Å²) in [6.45, 7) is 6.87. The maximum Gasteiger partial charge on any atom is 0.124 e. The Balaban J connectivity index is 2.21. The number of aryl methyl sites for hydroxylation is 2. The molecule has 0 aliphatic carbocycles. The van der Waals surface area contributed by atoms with Gasteiger partial charge in [-0.05, 0) is 57.1 Å². The Morgan fingerprint density at radius 3 is 2.62 bits per heavy atom. The van der Waals surface area contributed by atoms with Gasteiger partial charge in [0.05, 0.1) is 0 Å². The highest BCUT2D eigenvalue weighted by Gasteiger charge is 2.11. The average molecular weight is 304 g/mol. The van der Waals surface area contributed by atoms with E-state index in [0.29, 0.717) is 6.61 Å². The molecule has 2 aromatic carbocycles. The summed E-state index contributed by atoms with van der Waals surface area (Å²) >= 11 is 6.10. The van der Waals surface area contributed by atoms with E-state index in [-0.39, 0.29) is 6.04 Å². The first-order chi connectivity index (χ1) is 10.0. The van der Waals surface area contributed by atoms with Crippen molar-refractivity contribution in [2.24, 2.45) is 0 Å². The Hall–Kier alpha value is -1.51. The molecule has 0 bridgehead atoms. The minimum absolute atomic E-state index is 0.192. The highest BCUT2D eigenvalue weighted by atomic mass is 35.5. The van der Waals surface area contributed by atoms with Gasteiger partial charge < -0.3 is 10.1 Å². The van der Waals surface area contributed by atoms with Crippen LogP contribution in [-0.4, -0.2) is 7.05 Å². The smallest absolute Gasteiger partial charge is 0.124 e. The summed E-state index contributed by atoms with van der Waals surface area (Å²) in [6.07, 6.45) is 0. The standard InChI is InChI=1S/C18H22ClNO/c1-12-5-6-13(2)15(9-12)11-21-18-8-7-16(19)10-17(18)14(3)20-4/h5-10,14,20H,11H2,1-4H3. The van der Waals surface area contributed by atoms with Gasteiger partial charge >= 0.3 is 0 Å². The first-order valence-corrected chi connectivity index (χ1v) is 7.54. The summed E-state index contributed by atoms with van der Waals surface area (Å²) in [5.74, 6) is 0.877. The van der Waals surface area contributed by atoms with E-state index in [1.165, 1.54) is 16.7 Å². The van der Waals surface area contributed by atoms with Crippen LogP contribution in [0.2, 0.25) is 5.02 Å². The van der Waals surface area contributed by atoms with E-state index in [2.05, 4.69) is 44.3 Å². The molecule has 0 aliphatic heterocycles. The minimum Gasteiger partial charge on any atom is -0.489 e. The van der Waals surface area contributed by atoms with E-state index in [4.69, 9.17) is 16.3 Å². The van der Waals surface area contributed by atoms with Crippen molar-refractivity contribution in [3.63, 3.8) is 0 Å². The van der Waals surface area contributed by atoms with E-state index in [0.717, 1.165) is 16.3 Å². The van der Waals surface area contributed by atoms with Crippen LogP contribution in [0.25, 0.3) is 0 Å². The van der Waals surface area contributed by atoms with Gasteiger partial charge in [-0.25, -0.2) is 0 Å². The van der Waals surface area contributed by atoms with Crippen molar-refractivity contribution in [3.8, 4) is 5.75 Å². The highest BCUT2D eigenvalue weighted by molar-refractivity contribution is 6.30. The molecule has 112 valence electrons. The largest absolute Gasteiger partial charge is 0.489 e. The Kier molecular flexibility index (Phi) is 5.27. The van der Waals surface area contributed by atoms with E-state index in [1.54, 1.807) is 0 Å². The molecule has 0 heterocycles. The average Bonchev–Trinajstić information content (AvgIpc) is 2.48. The van der Waals surface area contributed by atoms with E-state index >= 15 is 0 Å². The first-order valence-electron chi connectivity index (χ1n) is 7.17. The van der Waals surface area contributed by atoms with E-state index < -0.39 is 0 Å². The van der Waals surface area contributed by atoms with Crippen LogP contribution in [0.15, 0.2) is 36.4 Å². The Morgan fingerprint density at radius 2 is 1.90 bits per heavy atom. The molecular formula is C18H22ClNO. The van der Waals surface area contributed by atoms with Crippen LogP contribution in [0.3, 0.4) is 0 Å². The summed E-state index contributed by atoms with van der Waals surface area (Å²) in [7, 11) is 1.93. The molecule has 1 N–H and O–H groups in total. The molecule has 2 rings (SSSR count). The van der Waals surface area contributed by atoms with Gasteiger partial charge in [-0.1, -0.05) is 35.4 Å². The molecular weight excluding hydrogens is 282 g/mol. The third-order valence-electron chi connectivity index (χ3n) is 3.76. The van der Waals surface area contributed by atoms with Crippen molar-refractivity contribution in [1.82, 2.24) is 5.32 Å². The second kappa shape index (κ2) is 6.97. The Labute approximate surface area is 132 Å². The van der Waals surface area contributed by atoms with Gasteiger partial charge in [0.1, 0.15) is 12.4 Å². The number of halogens is 1. The van der Waals surface area contributed by atoms with Crippen LogP contribution in [-0.2, 0) is 6.61 Å². The SMILES string of the molecule is CNC(C)c1cc(Cl)ccc1OCc1cc(C)ccc1C. The molecule has 1 unspecified atom stereocenters. The van der Waals surface area contributed by atoms with Crippen LogP contribution < -0.4 is 10.1 Å². The Morgan fingerprint density at radius 1 is 1.14 bits per heavy atom. The van der Waals surface area contributed by atoms with Gasteiger partial charge in [0, 0.05) is 16.6 Å². The fraction of sp³-hybridized carbons (Fsp3) is 0.333. The van der Waals surface area contributed by atoms with Crippen LogP contribution >= 0.6 is 11.6 Å². The second-order valence-corrected chi connectivity index (χ2v) is 5.85. The van der Waals surface area contributed by atoms with Crippen molar-refractivity contribution in [2.75, 3.05) is 7.05 Å². The molecule has 3 heteroatoms. The zero-order chi connectivity index (χ0) is 15.4. The van der Waals surface area contributed by atoms with Crippen molar-refractivity contribution < 1.29 is 4.74 Å². The van der Waals surface area contributed by atoms with Crippen molar-refractivity contribution in [1.29, 1.82) is 0 Å². The lowest BCUT2D eigenvalue weighted by Crippen LogP contribution is -2.14. The van der Waals surface area contributed by atoms with Crippen LogP contribution in [0.4, 0.5) is 0 Å². The highest BCUT2D eigenvalue weighted by Crippen LogP contribution is 2.29. The van der Waals surface area contributed by atoms with Gasteiger partial charge in [-0.15, -0.1) is 0 Å². The molecule has 0 fully saturated rings. The van der Waals surface area contributed by atoms with E-state index in [1.807, 2.05) is 25.2 Å². The summed E-state index contributed by atoms with van der Waals surface area (Å²) in [4.78, 5) is 0. The lowest BCUT2D eigenvalue weighted by molar-refractivity contribution is 0.299. The normalized spacial score (nSPS) is 12.2. The molecule has 21 heavy (non-hydrogen) atoms. The summed E-state index contributed by atoms with van der Waals surface area (Å²) in [6, 6.07) is 12.4. The molecule has 0 radical (unpaired) electrons. The summed E-state index contributed by atoms with van der Waals surface area (Å²) in [5, 5.41) is 3.96. The molecule has 0 aromatic heterocycles. The van der Waals surface area contributed by atoms with Crippen molar-refractivity contribution in [3.05, 3.63) is 63.7 Å². The van der Waals surface area contributed by atoms with E-state index in [9.17, 15) is 0 Å². The van der Waals surface area contributed by atoms with Gasteiger partial charge in [-0.2, -0.15) is 0 Å². The number of hydrogen-bond donors (Lipinski definition) is 1. The minimum atomic E-state index is 0.192. The van der Waals surface area contributed by atoms with Crippen LogP contribution in [0.1, 0.15) is 35.2 Å². The number of rotatable bonds is 5. The topological polar surface area (TPSA) is 21.3 Å². The predicted octanol–water partition coefficient (Wildman–Crippen LogP) is 4.82. The Bertz CT molecular complexity index is 625. The monoisotopic (exact) mass is 303 g/mol. The molecule has 0 spiro atoms. The number of hydrogen-bond acceptors (Lipinski definition) is 2. The fourth-order valence-corrected chi connectivity index (χ4v) is 2.44. The zero-order valence-corrected chi connectivity index (χ0v) is 13.8. The first kappa shape index (κ1) is 15.9. The molecule has 2 aromatic rings. The lowest BCUT2D eigenvalue weighted by Gasteiger charge is -2.17. The molecule has 2 nitrogen and oxygen atoms in total. The zero-order valence-electron chi connectivity index (χ0n) is 13.0. The van der Waals surface area contributed by atoms with Crippen LogP contribution in [0, 0.1) is 13.8 Å². The van der Waals surface area contributed by atoms with Gasteiger partial charge in [0.25, 0.3) is 0 Å². The van der Waals surface area contributed by atoms with Crippen molar-refractivity contribution in [2.45, 2.75) is 33.4 Å². The molecule has 0 saturated carbocycles. The third-order valence-corrected chi connectivity index (χ3v) is 3.99. The second-order valence-electron chi connectivity index (χ2n) is 5.41. The third kappa shape index (κ3) is 3.99. The lowest BCUT2D eigenvalue weighted by atomic mass is 10.1. The van der Waals surface area contributed by atoms with Crippen molar-refractivity contribution >= 4 is 11.6 Å². The summed E-state index contributed by atoms with van der Waals surface area (Å²) < 4.78 is 6.04. The number of benzene rings is 2. The molecule has 1 atom stereocenters. The fourth-order valence-electron chi connectivity index (χ4n) is 2.26. The number of nitrogens with one attached hydrogen (secondary N) is 1. The maximum absolute atomic E-state index is 6.10. The van der Waals surface area contributed by atoms with Crippen LogP contribution in [0.5, 0.6) is 5.75 Å². The van der Waals surface area contributed by atoms with Gasteiger partial charge in [0.15, 0.2) is 0 Å². The molecule has 0 aliphatic rings. The molecule has 0 saturated heterocycles. The number of ether oxygens (including phenoxy) is 1.